The topological polar surface area (TPSA) is 32.5 Å². The first-order valence-corrected chi connectivity index (χ1v) is 10.7. The summed E-state index contributed by atoms with van der Waals surface area (Å²) < 4.78 is 0. The van der Waals surface area contributed by atoms with Crippen molar-refractivity contribution < 1.29 is 0 Å². The lowest BCUT2D eigenvalue weighted by atomic mass is 9.94. The Kier molecular flexibility index (Phi) is 7.91. The molecule has 1 saturated heterocycles. The summed E-state index contributed by atoms with van der Waals surface area (Å²) >= 11 is 0. The average molecular weight is 406 g/mol. The van der Waals surface area contributed by atoms with Crippen LogP contribution in [-0.2, 0) is 0 Å². The fourth-order valence-corrected chi connectivity index (χ4v) is 4.24. The number of nitrogen functional groups attached to an aromatic ring is 1. The Labute approximate surface area is 183 Å². The van der Waals surface area contributed by atoms with Crippen LogP contribution in [0.15, 0.2) is 49.1 Å². The van der Waals surface area contributed by atoms with Crippen LogP contribution in [0.3, 0.4) is 0 Å². The van der Waals surface area contributed by atoms with Gasteiger partial charge >= 0.3 is 0 Å². The maximum atomic E-state index is 5.95. The average Bonchev–Trinajstić information content (AvgIpc) is 2.67. The molecule has 1 unspecified atom stereocenters. The van der Waals surface area contributed by atoms with Crippen molar-refractivity contribution in [1.82, 2.24) is 4.90 Å². The lowest BCUT2D eigenvalue weighted by Gasteiger charge is -2.42. The number of hydrogen-bond donors (Lipinski definition) is 1. The number of benzene rings is 2. The molecule has 3 nitrogen and oxygen atoms in total. The number of nitrogens with two attached hydrogens (primary N) is 1. The molecule has 162 valence electrons. The van der Waals surface area contributed by atoms with E-state index in [9.17, 15) is 0 Å². The minimum atomic E-state index is 0.441. The standard InChI is InChI=1S/C15H22N2.C12H17N/c1-12(2)15-11-16(4)9-10-17(15)14-7-5-13(3)6-8-14;1-7(2)11-8(3)6-9(4)12(13)10(11)5/h5-8,15H,1,9-11H2,2-4H3;6H,1,13H2,2-5H3. The van der Waals surface area contributed by atoms with Crippen LogP contribution in [-0.4, -0.2) is 37.6 Å². The first-order valence-electron chi connectivity index (χ1n) is 10.7. The molecule has 1 aliphatic rings. The second kappa shape index (κ2) is 9.99. The Bertz CT molecular complexity index is 909. The summed E-state index contributed by atoms with van der Waals surface area (Å²) in [6, 6.07) is 11.4. The Morgan fingerprint density at radius 1 is 0.967 bits per heavy atom. The molecule has 3 rings (SSSR count). The predicted molar refractivity (Wildman–Crippen MR) is 134 cm³/mol. The van der Waals surface area contributed by atoms with Crippen LogP contribution in [0.4, 0.5) is 11.4 Å². The van der Waals surface area contributed by atoms with Gasteiger partial charge in [0, 0.05) is 31.0 Å². The fourth-order valence-electron chi connectivity index (χ4n) is 4.24. The summed E-state index contributed by atoms with van der Waals surface area (Å²) in [5, 5.41) is 0. The van der Waals surface area contributed by atoms with Gasteiger partial charge in [-0.05, 0) is 83.0 Å². The molecule has 30 heavy (non-hydrogen) atoms. The van der Waals surface area contributed by atoms with Crippen molar-refractivity contribution in [3.05, 3.63) is 76.9 Å². The van der Waals surface area contributed by atoms with Crippen LogP contribution in [0.25, 0.3) is 5.57 Å². The summed E-state index contributed by atoms with van der Waals surface area (Å²) in [5.41, 5.74) is 16.6. The van der Waals surface area contributed by atoms with Crippen LogP contribution in [0.1, 0.15) is 41.7 Å². The maximum absolute atomic E-state index is 5.95. The predicted octanol–water partition coefficient (Wildman–Crippen LogP) is 5.92. The van der Waals surface area contributed by atoms with Gasteiger partial charge in [0.2, 0.25) is 0 Å². The molecule has 1 aliphatic heterocycles. The van der Waals surface area contributed by atoms with Gasteiger partial charge in [-0.3, -0.25) is 0 Å². The molecule has 3 heteroatoms. The van der Waals surface area contributed by atoms with Crippen LogP contribution in [0, 0.1) is 27.7 Å². The number of piperazine rings is 1. The van der Waals surface area contributed by atoms with E-state index < -0.39 is 0 Å². The van der Waals surface area contributed by atoms with E-state index in [2.05, 4.69) is 88.0 Å². The van der Waals surface area contributed by atoms with E-state index in [1.807, 2.05) is 13.8 Å². The van der Waals surface area contributed by atoms with Crippen molar-refractivity contribution >= 4 is 16.9 Å². The van der Waals surface area contributed by atoms with Gasteiger partial charge in [0.25, 0.3) is 0 Å². The van der Waals surface area contributed by atoms with Crippen molar-refractivity contribution in [3.8, 4) is 0 Å². The number of anilines is 2. The van der Waals surface area contributed by atoms with E-state index in [1.54, 1.807) is 0 Å². The molecule has 0 bridgehead atoms. The second-order valence-corrected chi connectivity index (χ2v) is 8.86. The number of nitrogens with zero attached hydrogens (tertiary/aromatic N) is 2. The lowest BCUT2D eigenvalue weighted by Crippen LogP contribution is -2.52. The van der Waals surface area contributed by atoms with E-state index in [0.29, 0.717) is 6.04 Å². The zero-order valence-corrected chi connectivity index (χ0v) is 20.0. The molecule has 2 aromatic carbocycles. The number of aryl methyl sites for hydroxylation is 3. The summed E-state index contributed by atoms with van der Waals surface area (Å²) in [4.78, 5) is 4.85. The van der Waals surface area contributed by atoms with Gasteiger partial charge in [0.15, 0.2) is 0 Å². The van der Waals surface area contributed by atoms with Crippen molar-refractivity contribution in [2.45, 2.75) is 47.6 Å². The third kappa shape index (κ3) is 5.54. The molecule has 1 fully saturated rings. The van der Waals surface area contributed by atoms with E-state index in [0.717, 1.165) is 42.0 Å². The van der Waals surface area contributed by atoms with Crippen molar-refractivity contribution in [2.24, 2.45) is 0 Å². The Balaban J connectivity index is 0.000000222. The Morgan fingerprint density at radius 2 is 1.57 bits per heavy atom. The summed E-state index contributed by atoms with van der Waals surface area (Å²) in [6.45, 7) is 23.8. The molecule has 2 N–H and O–H groups in total. The van der Waals surface area contributed by atoms with Gasteiger partial charge in [-0.1, -0.05) is 48.1 Å². The minimum absolute atomic E-state index is 0.441. The highest BCUT2D eigenvalue weighted by Crippen LogP contribution is 2.28. The molecule has 0 aliphatic carbocycles. The second-order valence-electron chi connectivity index (χ2n) is 8.86. The molecule has 0 spiro atoms. The molecular formula is C27H39N3. The fraction of sp³-hybridized carbons (Fsp3) is 0.407. The summed E-state index contributed by atoms with van der Waals surface area (Å²) in [7, 11) is 2.18. The van der Waals surface area contributed by atoms with Crippen molar-refractivity contribution in [3.63, 3.8) is 0 Å². The SMILES string of the molecule is C=C(C)C1CN(C)CCN1c1ccc(C)cc1.C=C(C)c1c(C)cc(C)c(N)c1C. The summed E-state index contributed by atoms with van der Waals surface area (Å²) in [5.74, 6) is 0. The molecular weight excluding hydrogens is 366 g/mol. The largest absolute Gasteiger partial charge is 0.398 e. The smallest absolute Gasteiger partial charge is 0.0624 e. The van der Waals surface area contributed by atoms with Crippen LogP contribution in [0.2, 0.25) is 0 Å². The molecule has 1 atom stereocenters. The molecule has 0 saturated carbocycles. The minimum Gasteiger partial charge on any atom is -0.398 e. The number of rotatable bonds is 3. The molecule has 0 amide bonds. The van der Waals surface area contributed by atoms with E-state index >= 15 is 0 Å². The van der Waals surface area contributed by atoms with E-state index in [4.69, 9.17) is 5.73 Å². The van der Waals surface area contributed by atoms with Gasteiger partial charge in [0.05, 0.1) is 6.04 Å². The molecule has 2 aromatic rings. The molecule has 0 radical (unpaired) electrons. The van der Waals surface area contributed by atoms with Crippen molar-refractivity contribution in [2.75, 3.05) is 37.3 Å². The quantitative estimate of drug-likeness (QED) is 0.508. The third-order valence-electron chi connectivity index (χ3n) is 5.98. The highest BCUT2D eigenvalue weighted by Gasteiger charge is 2.25. The molecule has 1 heterocycles. The Hall–Kier alpha value is -2.52. The van der Waals surface area contributed by atoms with Crippen LogP contribution >= 0.6 is 0 Å². The summed E-state index contributed by atoms with van der Waals surface area (Å²) in [6.07, 6.45) is 0. The van der Waals surface area contributed by atoms with Crippen molar-refractivity contribution in [1.29, 1.82) is 0 Å². The zero-order chi connectivity index (χ0) is 22.6. The number of likely N-dealkylation sites (N-methyl/N-ethyl adjacent to an activating group) is 1. The van der Waals surface area contributed by atoms with E-state index in [-0.39, 0.29) is 0 Å². The monoisotopic (exact) mass is 405 g/mol. The van der Waals surface area contributed by atoms with Crippen LogP contribution in [0.5, 0.6) is 0 Å². The normalized spacial score (nSPS) is 16.6. The van der Waals surface area contributed by atoms with Gasteiger partial charge in [0.1, 0.15) is 0 Å². The van der Waals surface area contributed by atoms with Crippen LogP contribution < -0.4 is 10.6 Å². The highest BCUT2D eigenvalue weighted by molar-refractivity contribution is 5.74. The lowest BCUT2D eigenvalue weighted by molar-refractivity contribution is 0.282. The van der Waals surface area contributed by atoms with E-state index in [1.165, 1.54) is 28.0 Å². The molecule has 0 aromatic heterocycles. The highest BCUT2D eigenvalue weighted by atomic mass is 15.3. The first-order chi connectivity index (χ1) is 14.0. The number of hydrogen-bond acceptors (Lipinski definition) is 3. The van der Waals surface area contributed by atoms with Gasteiger partial charge in [-0.15, -0.1) is 0 Å². The van der Waals surface area contributed by atoms with Gasteiger partial charge in [-0.2, -0.15) is 0 Å². The number of allylic oxidation sites excluding steroid dienone is 1. The maximum Gasteiger partial charge on any atom is 0.0624 e. The zero-order valence-electron chi connectivity index (χ0n) is 20.0. The first kappa shape index (κ1) is 23.8. The van der Waals surface area contributed by atoms with Gasteiger partial charge in [-0.25, -0.2) is 0 Å². The Morgan fingerprint density at radius 3 is 2.10 bits per heavy atom. The third-order valence-corrected chi connectivity index (χ3v) is 5.98. The van der Waals surface area contributed by atoms with Gasteiger partial charge < -0.3 is 15.5 Å².